The summed E-state index contributed by atoms with van der Waals surface area (Å²) in [6.45, 7) is 5.16. The molecule has 0 aliphatic heterocycles. The molecule has 17 heavy (non-hydrogen) atoms. The van der Waals surface area contributed by atoms with Crippen LogP contribution in [0.1, 0.15) is 19.4 Å². The van der Waals surface area contributed by atoms with Crippen LogP contribution < -0.4 is 5.73 Å². The van der Waals surface area contributed by atoms with Gasteiger partial charge in [-0.1, -0.05) is 6.07 Å². The summed E-state index contributed by atoms with van der Waals surface area (Å²) in [4.78, 5) is 4.08. The Morgan fingerprint density at radius 1 is 1.35 bits per heavy atom. The van der Waals surface area contributed by atoms with E-state index in [9.17, 15) is 8.42 Å². The molecule has 92 valence electrons. The van der Waals surface area contributed by atoms with Crippen LogP contribution in [0.3, 0.4) is 0 Å². The number of aromatic nitrogens is 2. The number of anilines is 1. The van der Waals surface area contributed by atoms with E-state index in [4.69, 9.17) is 5.73 Å². The monoisotopic (exact) mass is 253 g/mol. The number of imidazole rings is 1. The minimum absolute atomic E-state index is 0.0132. The van der Waals surface area contributed by atoms with Gasteiger partial charge in [-0.3, -0.25) is 0 Å². The van der Waals surface area contributed by atoms with Crippen LogP contribution >= 0.6 is 0 Å². The topological polar surface area (TPSA) is 78.0 Å². The van der Waals surface area contributed by atoms with Crippen LogP contribution in [0, 0.1) is 6.92 Å². The minimum Gasteiger partial charge on any atom is -0.368 e. The Balaban J connectivity index is 2.83. The lowest BCUT2D eigenvalue weighted by atomic mass is 10.2. The van der Waals surface area contributed by atoms with Gasteiger partial charge in [0.15, 0.2) is 0 Å². The second-order valence-corrected chi connectivity index (χ2v) is 6.66. The molecule has 2 aromatic rings. The van der Waals surface area contributed by atoms with E-state index in [2.05, 4.69) is 4.98 Å². The third-order valence-corrected chi connectivity index (χ3v) is 4.73. The summed E-state index contributed by atoms with van der Waals surface area (Å²) >= 11 is 0. The van der Waals surface area contributed by atoms with Crippen molar-refractivity contribution in [2.75, 3.05) is 5.73 Å². The van der Waals surface area contributed by atoms with E-state index in [0.29, 0.717) is 11.0 Å². The van der Waals surface area contributed by atoms with Gasteiger partial charge in [-0.05, 0) is 38.5 Å². The lowest BCUT2D eigenvalue weighted by Gasteiger charge is -2.10. The van der Waals surface area contributed by atoms with Crippen LogP contribution in [0.25, 0.3) is 11.0 Å². The number of benzene rings is 1. The first kappa shape index (κ1) is 11.9. The number of fused-ring (bicyclic) bond motifs is 1. The number of aryl methyl sites for hydroxylation is 1. The average molecular weight is 253 g/mol. The van der Waals surface area contributed by atoms with Gasteiger partial charge in [0.25, 0.3) is 0 Å². The van der Waals surface area contributed by atoms with Gasteiger partial charge in [-0.25, -0.2) is 17.4 Å². The highest BCUT2D eigenvalue weighted by atomic mass is 32.2. The van der Waals surface area contributed by atoms with Gasteiger partial charge in [0, 0.05) is 0 Å². The van der Waals surface area contributed by atoms with Crippen LogP contribution in [0.2, 0.25) is 0 Å². The first-order valence-electron chi connectivity index (χ1n) is 5.33. The number of rotatable bonds is 2. The van der Waals surface area contributed by atoms with Crippen molar-refractivity contribution in [3.05, 3.63) is 23.8 Å². The number of nitrogens with zero attached hydrogens (tertiary/aromatic N) is 2. The van der Waals surface area contributed by atoms with E-state index >= 15 is 0 Å². The largest absolute Gasteiger partial charge is 0.368 e. The van der Waals surface area contributed by atoms with Crippen LogP contribution in [0.4, 0.5) is 5.95 Å². The van der Waals surface area contributed by atoms with Gasteiger partial charge in [-0.2, -0.15) is 0 Å². The van der Waals surface area contributed by atoms with Crippen LogP contribution in [0.5, 0.6) is 0 Å². The zero-order chi connectivity index (χ0) is 12.8. The van der Waals surface area contributed by atoms with Crippen LogP contribution in [-0.2, 0) is 10.0 Å². The molecule has 0 spiro atoms. The molecule has 5 nitrogen and oxygen atoms in total. The second-order valence-electron chi connectivity index (χ2n) is 4.32. The van der Waals surface area contributed by atoms with Crippen molar-refractivity contribution in [3.8, 4) is 0 Å². The Kier molecular flexibility index (Phi) is 2.61. The molecule has 0 bridgehead atoms. The predicted octanol–water partition coefficient (Wildman–Crippen LogP) is 1.51. The minimum atomic E-state index is -3.47. The molecule has 2 N–H and O–H groups in total. The lowest BCUT2D eigenvalue weighted by molar-refractivity contribution is 0.580. The first-order valence-corrected chi connectivity index (χ1v) is 6.83. The Morgan fingerprint density at radius 3 is 2.59 bits per heavy atom. The normalized spacial score (nSPS) is 12.5. The van der Waals surface area contributed by atoms with Gasteiger partial charge in [0.2, 0.25) is 16.0 Å². The fourth-order valence-electron chi connectivity index (χ4n) is 1.67. The molecular weight excluding hydrogens is 238 g/mol. The Labute approximate surface area is 100 Å². The van der Waals surface area contributed by atoms with Gasteiger partial charge in [0.1, 0.15) is 0 Å². The number of hydrogen-bond acceptors (Lipinski definition) is 4. The maximum absolute atomic E-state index is 12.2. The molecule has 0 fully saturated rings. The molecule has 1 aromatic heterocycles. The zero-order valence-corrected chi connectivity index (χ0v) is 10.8. The Bertz CT molecular complexity index is 671. The molecule has 0 amide bonds. The average Bonchev–Trinajstić information content (AvgIpc) is 2.53. The van der Waals surface area contributed by atoms with Gasteiger partial charge in [-0.15, -0.1) is 0 Å². The lowest BCUT2D eigenvalue weighted by Crippen LogP contribution is -2.23. The Morgan fingerprint density at radius 2 is 2.00 bits per heavy atom. The molecule has 0 atom stereocenters. The quantitative estimate of drug-likeness (QED) is 0.880. The van der Waals surface area contributed by atoms with Crippen molar-refractivity contribution < 1.29 is 8.42 Å². The summed E-state index contributed by atoms with van der Waals surface area (Å²) in [7, 11) is -3.47. The van der Waals surface area contributed by atoms with Crippen molar-refractivity contribution >= 4 is 27.0 Å². The van der Waals surface area contributed by atoms with E-state index in [1.54, 1.807) is 19.9 Å². The number of nitrogens with two attached hydrogens (primary N) is 1. The van der Waals surface area contributed by atoms with Crippen molar-refractivity contribution in [3.63, 3.8) is 0 Å². The highest BCUT2D eigenvalue weighted by Gasteiger charge is 2.24. The molecule has 1 heterocycles. The van der Waals surface area contributed by atoms with E-state index in [1.807, 2.05) is 19.1 Å². The van der Waals surface area contributed by atoms with Crippen molar-refractivity contribution in [1.29, 1.82) is 0 Å². The zero-order valence-electron chi connectivity index (χ0n) is 10.0. The third-order valence-electron chi connectivity index (χ3n) is 2.64. The fraction of sp³-hybridized carbons (Fsp3) is 0.364. The van der Waals surface area contributed by atoms with Crippen LogP contribution in [-0.4, -0.2) is 22.6 Å². The van der Waals surface area contributed by atoms with Crippen molar-refractivity contribution in [2.45, 2.75) is 26.0 Å². The maximum atomic E-state index is 12.2. The van der Waals surface area contributed by atoms with Gasteiger partial charge in [0.05, 0.1) is 16.3 Å². The molecule has 0 aliphatic carbocycles. The number of hydrogen-bond donors (Lipinski definition) is 1. The highest BCUT2D eigenvalue weighted by Crippen LogP contribution is 2.22. The molecule has 0 aliphatic rings. The molecule has 0 radical (unpaired) electrons. The smallest absolute Gasteiger partial charge is 0.244 e. The molecule has 1 aromatic carbocycles. The van der Waals surface area contributed by atoms with E-state index < -0.39 is 15.3 Å². The first-order chi connectivity index (χ1) is 7.84. The summed E-state index contributed by atoms with van der Waals surface area (Å²) < 4.78 is 25.4. The van der Waals surface area contributed by atoms with E-state index in [0.717, 1.165) is 9.54 Å². The van der Waals surface area contributed by atoms with E-state index in [1.165, 1.54) is 0 Å². The Hall–Kier alpha value is -1.56. The molecule has 6 heteroatoms. The summed E-state index contributed by atoms with van der Waals surface area (Å²) in [5.74, 6) is 0.0132. The molecular formula is C11H15N3O2S. The molecule has 0 saturated heterocycles. The molecule has 0 saturated carbocycles. The van der Waals surface area contributed by atoms with Gasteiger partial charge >= 0.3 is 0 Å². The second kappa shape index (κ2) is 3.73. The summed E-state index contributed by atoms with van der Waals surface area (Å²) in [5, 5.41) is -0.538. The van der Waals surface area contributed by atoms with Gasteiger partial charge < -0.3 is 5.73 Å². The molecule has 0 unspecified atom stereocenters. The number of nitrogen functional groups attached to an aromatic ring is 1. The molecule has 2 rings (SSSR count). The predicted molar refractivity (Wildman–Crippen MR) is 68.3 cm³/mol. The standard InChI is InChI=1S/C11H15N3O2S/c1-7(2)17(15,16)14-10-5-4-8(3)6-9(10)13-11(14)12/h4-7H,1-3H3,(H2,12,13). The van der Waals surface area contributed by atoms with Crippen molar-refractivity contribution in [2.24, 2.45) is 0 Å². The SMILES string of the molecule is Cc1ccc2c(c1)nc(N)n2S(=O)(=O)C(C)C. The third kappa shape index (κ3) is 1.78. The van der Waals surface area contributed by atoms with Crippen molar-refractivity contribution in [1.82, 2.24) is 8.96 Å². The van der Waals surface area contributed by atoms with E-state index in [-0.39, 0.29) is 5.95 Å². The summed E-state index contributed by atoms with van der Waals surface area (Å²) in [5.41, 5.74) is 7.85. The maximum Gasteiger partial charge on any atom is 0.244 e. The summed E-state index contributed by atoms with van der Waals surface area (Å²) in [6.07, 6.45) is 0. The summed E-state index contributed by atoms with van der Waals surface area (Å²) in [6, 6.07) is 5.39. The highest BCUT2D eigenvalue weighted by molar-refractivity contribution is 7.90. The fourth-order valence-corrected chi connectivity index (χ4v) is 2.82. The van der Waals surface area contributed by atoms with Crippen LogP contribution in [0.15, 0.2) is 18.2 Å².